The topological polar surface area (TPSA) is 63.2 Å². The quantitative estimate of drug-likeness (QED) is 0.618. The van der Waals surface area contributed by atoms with Crippen LogP contribution in [-0.4, -0.2) is 24.5 Å². The number of hydrogen-bond donors (Lipinski definition) is 2. The Morgan fingerprint density at radius 2 is 1.89 bits per heavy atom. The summed E-state index contributed by atoms with van der Waals surface area (Å²) < 4.78 is 5.22. The van der Waals surface area contributed by atoms with Crippen molar-refractivity contribution in [1.29, 1.82) is 0 Å². The molecule has 1 amide bonds. The number of ether oxygens (including phenoxy) is 1. The van der Waals surface area contributed by atoms with Crippen LogP contribution >= 0.6 is 0 Å². The Morgan fingerprint density at radius 3 is 2.61 bits per heavy atom. The minimum absolute atomic E-state index is 0.158. The number of amides is 1. The van der Waals surface area contributed by atoms with Gasteiger partial charge in [0.25, 0.3) is 5.91 Å². The SMILES string of the molecule is COc1cccc(CCNC(=O)c2ccc(NC(C)c3ccccc3)cn2)c1. The Balaban J connectivity index is 1.50. The van der Waals surface area contributed by atoms with Crippen molar-refractivity contribution in [1.82, 2.24) is 10.3 Å². The van der Waals surface area contributed by atoms with Crippen LogP contribution in [0.4, 0.5) is 5.69 Å². The monoisotopic (exact) mass is 375 g/mol. The first-order valence-electron chi connectivity index (χ1n) is 9.34. The van der Waals surface area contributed by atoms with Gasteiger partial charge in [-0.05, 0) is 48.7 Å². The van der Waals surface area contributed by atoms with Gasteiger partial charge < -0.3 is 15.4 Å². The molecule has 2 aromatic carbocycles. The van der Waals surface area contributed by atoms with Gasteiger partial charge in [0.1, 0.15) is 11.4 Å². The molecule has 144 valence electrons. The van der Waals surface area contributed by atoms with E-state index >= 15 is 0 Å². The molecular formula is C23H25N3O2. The number of methoxy groups -OCH3 is 1. The first-order chi connectivity index (χ1) is 13.7. The number of hydrogen-bond acceptors (Lipinski definition) is 4. The summed E-state index contributed by atoms with van der Waals surface area (Å²) in [4.78, 5) is 16.6. The van der Waals surface area contributed by atoms with Gasteiger partial charge in [0, 0.05) is 12.6 Å². The fourth-order valence-corrected chi connectivity index (χ4v) is 2.93. The van der Waals surface area contributed by atoms with E-state index in [0.717, 1.165) is 23.4 Å². The summed E-state index contributed by atoms with van der Waals surface area (Å²) >= 11 is 0. The Labute approximate surface area is 165 Å². The highest BCUT2D eigenvalue weighted by Gasteiger charge is 2.09. The molecule has 5 heteroatoms. The molecule has 1 atom stereocenters. The molecule has 0 saturated carbocycles. The van der Waals surface area contributed by atoms with Gasteiger partial charge in [0.05, 0.1) is 19.0 Å². The summed E-state index contributed by atoms with van der Waals surface area (Å²) in [5, 5.41) is 6.30. The van der Waals surface area contributed by atoms with Crippen LogP contribution in [0, 0.1) is 0 Å². The Bertz CT molecular complexity index is 895. The van der Waals surface area contributed by atoms with Crippen LogP contribution in [0.2, 0.25) is 0 Å². The average Bonchev–Trinajstić information content (AvgIpc) is 2.75. The van der Waals surface area contributed by atoms with Crippen LogP contribution in [0.25, 0.3) is 0 Å². The van der Waals surface area contributed by atoms with Crippen LogP contribution in [0.5, 0.6) is 5.75 Å². The second kappa shape index (κ2) is 9.55. The predicted octanol–water partition coefficient (Wildman–Crippen LogP) is 4.24. The minimum Gasteiger partial charge on any atom is -0.497 e. The second-order valence-electron chi connectivity index (χ2n) is 6.57. The van der Waals surface area contributed by atoms with Crippen LogP contribution in [0.15, 0.2) is 72.9 Å². The van der Waals surface area contributed by atoms with E-state index in [2.05, 4.69) is 34.7 Å². The summed E-state index contributed by atoms with van der Waals surface area (Å²) in [6.07, 6.45) is 2.42. The first kappa shape index (κ1) is 19.4. The molecule has 3 aromatic rings. The zero-order chi connectivity index (χ0) is 19.8. The number of nitrogens with zero attached hydrogens (tertiary/aromatic N) is 1. The highest BCUT2D eigenvalue weighted by molar-refractivity contribution is 5.92. The van der Waals surface area contributed by atoms with E-state index in [4.69, 9.17) is 4.74 Å². The lowest BCUT2D eigenvalue weighted by Gasteiger charge is -2.15. The maximum atomic E-state index is 12.3. The number of rotatable bonds is 8. The normalized spacial score (nSPS) is 11.5. The van der Waals surface area contributed by atoms with Gasteiger partial charge in [-0.2, -0.15) is 0 Å². The molecule has 0 fully saturated rings. The number of aromatic nitrogens is 1. The van der Waals surface area contributed by atoms with Crippen molar-refractivity contribution >= 4 is 11.6 Å². The van der Waals surface area contributed by atoms with Crippen LogP contribution < -0.4 is 15.4 Å². The second-order valence-corrected chi connectivity index (χ2v) is 6.57. The van der Waals surface area contributed by atoms with Crippen molar-refractivity contribution in [2.75, 3.05) is 19.0 Å². The molecule has 0 aliphatic rings. The molecule has 1 unspecified atom stereocenters. The smallest absolute Gasteiger partial charge is 0.269 e. The zero-order valence-electron chi connectivity index (χ0n) is 16.2. The van der Waals surface area contributed by atoms with Gasteiger partial charge in [-0.1, -0.05) is 42.5 Å². The van der Waals surface area contributed by atoms with Crippen molar-refractivity contribution < 1.29 is 9.53 Å². The summed E-state index contributed by atoms with van der Waals surface area (Å²) in [5.74, 6) is 0.642. The molecule has 0 radical (unpaired) electrons. The molecule has 2 N–H and O–H groups in total. The van der Waals surface area contributed by atoms with Crippen LogP contribution in [0.1, 0.15) is 34.6 Å². The Kier molecular flexibility index (Phi) is 6.63. The van der Waals surface area contributed by atoms with Gasteiger partial charge >= 0.3 is 0 Å². The molecule has 3 rings (SSSR count). The lowest BCUT2D eigenvalue weighted by molar-refractivity contribution is 0.0949. The van der Waals surface area contributed by atoms with Crippen molar-refractivity contribution in [3.63, 3.8) is 0 Å². The van der Waals surface area contributed by atoms with Crippen LogP contribution in [-0.2, 0) is 6.42 Å². The maximum Gasteiger partial charge on any atom is 0.269 e. The molecule has 0 bridgehead atoms. The van der Waals surface area contributed by atoms with Gasteiger partial charge in [-0.3, -0.25) is 4.79 Å². The summed E-state index contributed by atoms with van der Waals surface area (Å²) in [6.45, 7) is 2.63. The van der Waals surface area contributed by atoms with E-state index < -0.39 is 0 Å². The van der Waals surface area contributed by atoms with Crippen molar-refractivity contribution in [2.45, 2.75) is 19.4 Å². The largest absolute Gasteiger partial charge is 0.497 e. The minimum atomic E-state index is -0.175. The fourth-order valence-electron chi connectivity index (χ4n) is 2.93. The Morgan fingerprint density at radius 1 is 1.07 bits per heavy atom. The molecule has 28 heavy (non-hydrogen) atoms. The molecule has 1 aromatic heterocycles. The van der Waals surface area contributed by atoms with Crippen molar-refractivity contribution in [2.24, 2.45) is 0 Å². The van der Waals surface area contributed by atoms with E-state index in [0.29, 0.717) is 12.2 Å². The molecule has 0 spiro atoms. The van der Waals surface area contributed by atoms with Crippen molar-refractivity contribution in [3.05, 3.63) is 89.7 Å². The van der Waals surface area contributed by atoms with E-state index in [9.17, 15) is 4.79 Å². The number of nitrogens with one attached hydrogen (secondary N) is 2. The molecule has 0 saturated heterocycles. The zero-order valence-corrected chi connectivity index (χ0v) is 16.2. The average molecular weight is 375 g/mol. The van der Waals surface area contributed by atoms with E-state index in [-0.39, 0.29) is 11.9 Å². The Hall–Kier alpha value is -3.34. The van der Waals surface area contributed by atoms with Crippen LogP contribution in [0.3, 0.4) is 0 Å². The summed E-state index contributed by atoms with van der Waals surface area (Å²) in [7, 11) is 1.64. The lowest BCUT2D eigenvalue weighted by Crippen LogP contribution is -2.26. The molecule has 5 nitrogen and oxygen atoms in total. The van der Waals surface area contributed by atoms with Gasteiger partial charge in [0.2, 0.25) is 0 Å². The molecular weight excluding hydrogens is 350 g/mol. The summed E-state index contributed by atoms with van der Waals surface area (Å²) in [6, 6.07) is 21.8. The van der Waals surface area contributed by atoms with E-state index in [1.807, 2.05) is 48.5 Å². The van der Waals surface area contributed by atoms with E-state index in [1.54, 1.807) is 19.4 Å². The third kappa shape index (κ3) is 5.33. The highest BCUT2D eigenvalue weighted by Crippen LogP contribution is 2.18. The van der Waals surface area contributed by atoms with Crippen molar-refractivity contribution in [3.8, 4) is 5.75 Å². The maximum absolute atomic E-state index is 12.3. The molecule has 0 aliphatic heterocycles. The number of pyridine rings is 1. The number of carbonyl (C=O) groups is 1. The molecule has 0 aliphatic carbocycles. The van der Waals surface area contributed by atoms with E-state index in [1.165, 1.54) is 5.56 Å². The summed E-state index contributed by atoms with van der Waals surface area (Å²) in [5.41, 5.74) is 3.59. The molecule has 1 heterocycles. The standard InChI is InChI=1S/C23H25N3O2/c1-17(19-8-4-3-5-9-19)26-20-11-12-22(25-16-20)23(27)24-14-13-18-7-6-10-21(15-18)28-2/h3-12,15-17,26H,13-14H2,1-2H3,(H,24,27). The number of anilines is 1. The first-order valence-corrected chi connectivity index (χ1v) is 9.34. The third-order valence-corrected chi connectivity index (χ3v) is 4.51. The van der Waals surface area contributed by atoms with Gasteiger partial charge in [-0.25, -0.2) is 4.98 Å². The number of carbonyl (C=O) groups excluding carboxylic acids is 1. The third-order valence-electron chi connectivity index (χ3n) is 4.51. The van der Waals surface area contributed by atoms with Gasteiger partial charge in [0.15, 0.2) is 0 Å². The van der Waals surface area contributed by atoms with Gasteiger partial charge in [-0.15, -0.1) is 0 Å². The number of benzene rings is 2. The highest BCUT2D eigenvalue weighted by atomic mass is 16.5. The lowest BCUT2D eigenvalue weighted by atomic mass is 10.1. The fraction of sp³-hybridized carbons (Fsp3) is 0.217. The predicted molar refractivity (Wildman–Crippen MR) is 112 cm³/mol.